The maximum absolute atomic E-state index is 13.0. The van der Waals surface area contributed by atoms with Crippen LogP contribution < -0.4 is 0 Å². The minimum Gasteiger partial charge on any atom is -0.459 e. The summed E-state index contributed by atoms with van der Waals surface area (Å²) in [7, 11) is 0. The number of aromatic nitrogens is 2. The molecule has 2 aromatic carbocycles. The van der Waals surface area contributed by atoms with Crippen LogP contribution in [-0.4, -0.2) is 26.6 Å². The number of carbonyl (C=O) groups is 1. The number of hydrazone groups is 1. The highest BCUT2D eigenvalue weighted by atomic mass is 16.3. The number of furan rings is 1. The van der Waals surface area contributed by atoms with Crippen molar-refractivity contribution < 1.29 is 9.21 Å². The van der Waals surface area contributed by atoms with Gasteiger partial charge in [-0.05, 0) is 35.4 Å². The number of amides is 1. The molecule has 0 aliphatic carbocycles. The quantitative estimate of drug-likeness (QED) is 0.543. The fourth-order valence-corrected chi connectivity index (χ4v) is 3.46. The second kappa shape index (κ2) is 6.74. The van der Waals surface area contributed by atoms with E-state index in [4.69, 9.17) is 4.42 Å². The first kappa shape index (κ1) is 16.4. The Hall–Kier alpha value is -3.80. The van der Waals surface area contributed by atoms with Gasteiger partial charge in [-0.25, -0.2) is 5.01 Å². The van der Waals surface area contributed by atoms with Gasteiger partial charge < -0.3 is 4.42 Å². The molecule has 28 heavy (non-hydrogen) atoms. The van der Waals surface area contributed by atoms with Crippen molar-refractivity contribution in [3.63, 3.8) is 0 Å². The molecular weight excluding hydrogens is 352 g/mol. The largest absolute Gasteiger partial charge is 0.459 e. The van der Waals surface area contributed by atoms with Gasteiger partial charge in [0.2, 0.25) is 0 Å². The SMILES string of the molecule is O=C(c1ccco1)N1N=C(c2ccccc2)C[C@@H]1c1ccc2nccnc2c1. The molecule has 3 heterocycles. The molecule has 0 saturated heterocycles. The predicted octanol–water partition coefficient (Wildman–Crippen LogP) is 4.21. The van der Waals surface area contributed by atoms with E-state index in [9.17, 15) is 4.79 Å². The molecule has 0 N–H and O–H groups in total. The topological polar surface area (TPSA) is 71.6 Å². The van der Waals surface area contributed by atoms with E-state index in [2.05, 4.69) is 15.1 Å². The highest BCUT2D eigenvalue weighted by molar-refractivity contribution is 6.04. The van der Waals surface area contributed by atoms with Crippen molar-refractivity contribution >= 4 is 22.7 Å². The van der Waals surface area contributed by atoms with E-state index in [-0.39, 0.29) is 17.7 Å². The van der Waals surface area contributed by atoms with Crippen molar-refractivity contribution in [2.75, 3.05) is 0 Å². The van der Waals surface area contributed by atoms with E-state index in [1.54, 1.807) is 24.5 Å². The Balaban J connectivity index is 1.57. The number of hydrogen-bond acceptors (Lipinski definition) is 5. The standard InChI is InChI=1S/C22H16N4O2/c27-22(21-7-4-12-28-21)26-20(14-18(25-26)15-5-2-1-3-6-15)16-8-9-17-19(13-16)24-11-10-23-17/h1-13,20H,14H2/t20-/m1/s1. The van der Waals surface area contributed by atoms with Crippen LogP contribution in [0, 0.1) is 0 Å². The number of hydrogen-bond donors (Lipinski definition) is 0. The van der Waals surface area contributed by atoms with Crippen LogP contribution in [0.15, 0.2) is 88.8 Å². The molecule has 0 unspecified atom stereocenters. The Morgan fingerprint density at radius 1 is 0.964 bits per heavy atom. The van der Waals surface area contributed by atoms with Crippen LogP contribution >= 0.6 is 0 Å². The maximum atomic E-state index is 13.0. The van der Waals surface area contributed by atoms with Gasteiger partial charge in [0.05, 0.1) is 29.1 Å². The molecule has 0 bridgehead atoms. The van der Waals surface area contributed by atoms with Crippen molar-refractivity contribution in [2.45, 2.75) is 12.5 Å². The van der Waals surface area contributed by atoms with Crippen LogP contribution in [-0.2, 0) is 0 Å². The molecule has 0 saturated carbocycles. The van der Waals surface area contributed by atoms with Gasteiger partial charge in [-0.3, -0.25) is 14.8 Å². The zero-order chi connectivity index (χ0) is 18.9. The monoisotopic (exact) mass is 368 g/mol. The zero-order valence-corrected chi connectivity index (χ0v) is 14.9. The average Bonchev–Trinajstić information content (AvgIpc) is 3.44. The Kier molecular flexibility index (Phi) is 3.94. The predicted molar refractivity (Wildman–Crippen MR) is 105 cm³/mol. The Labute approximate surface area is 161 Å². The Morgan fingerprint density at radius 3 is 2.57 bits per heavy atom. The number of rotatable bonds is 3. The number of carbonyl (C=O) groups excluding carboxylic acids is 1. The van der Waals surface area contributed by atoms with Crippen molar-refractivity contribution in [1.29, 1.82) is 0 Å². The van der Waals surface area contributed by atoms with Gasteiger partial charge in [-0.15, -0.1) is 0 Å². The van der Waals surface area contributed by atoms with E-state index >= 15 is 0 Å². The summed E-state index contributed by atoms with van der Waals surface area (Å²) < 4.78 is 5.32. The van der Waals surface area contributed by atoms with Crippen LogP contribution in [0.25, 0.3) is 11.0 Å². The van der Waals surface area contributed by atoms with Gasteiger partial charge in [0, 0.05) is 18.8 Å². The van der Waals surface area contributed by atoms with Crippen LogP contribution in [0.3, 0.4) is 0 Å². The molecule has 1 atom stereocenters. The maximum Gasteiger partial charge on any atom is 0.310 e. The van der Waals surface area contributed by atoms with E-state index in [1.807, 2.05) is 48.5 Å². The lowest BCUT2D eigenvalue weighted by molar-refractivity contribution is 0.0678. The van der Waals surface area contributed by atoms with Gasteiger partial charge in [-0.2, -0.15) is 5.10 Å². The second-order valence-electron chi connectivity index (χ2n) is 6.56. The highest BCUT2D eigenvalue weighted by Crippen LogP contribution is 2.34. The molecule has 0 radical (unpaired) electrons. The molecule has 0 fully saturated rings. The molecule has 1 amide bonds. The summed E-state index contributed by atoms with van der Waals surface area (Å²) in [5, 5.41) is 6.17. The normalized spacial score (nSPS) is 16.4. The van der Waals surface area contributed by atoms with Crippen LogP contribution in [0.4, 0.5) is 0 Å². The Bertz CT molecular complexity index is 1170. The molecule has 6 heteroatoms. The first-order valence-electron chi connectivity index (χ1n) is 9.00. The first-order valence-corrected chi connectivity index (χ1v) is 9.00. The minimum atomic E-state index is -0.264. The lowest BCUT2D eigenvalue weighted by Gasteiger charge is -2.21. The molecule has 0 spiro atoms. The number of nitrogens with zero attached hydrogens (tertiary/aromatic N) is 4. The molecule has 1 aliphatic rings. The molecule has 5 rings (SSSR count). The fourth-order valence-electron chi connectivity index (χ4n) is 3.46. The van der Waals surface area contributed by atoms with Crippen molar-refractivity contribution in [3.05, 3.63) is 96.2 Å². The summed E-state index contributed by atoms with van der Waals surface area (Å²) >= 11 is 0. The summed E-state index contributed by atoms with van der Waals surface area (Å²) in [6.45, 7) is 0. The summed E-state index contributed by atoms with van der Waals surface area (Å²) in [6, 6.07) is 18.9. The molecule has 6 nitrogen and oxygen atoms in total. The van der Waals surface area contributed by atoms with E-state index in [0.717, 1.165) is 27.9 Å². The number of benzene rings is 2. The van der Waals surface area contributed by atoms with E-state index < -0.39 is 0 Å². The van der Waals surface area contributed by atoms with Gasteiger partial charge in [0.25, 0.3) is 0 Å². The second-order valence-corrected chi connectivity index (χ2v) is 6.56. The molecule has 4 aromatic rings. The van der Waals surface area contributed by atoms with Crippen molar-refractivity contribution in [3.8, 4) is 0 Å². The third-order valence-electron chi connectivity index (χ3n) is 4.84. The third kappa shape index (κ3) is 2.85. The zero-order valence-electron chi connectivity index (χ0n) is 14.9. The summed E-state index contributed by atoms with van der Waals surface area (Å²) in [5.41, 5.74) is 4.44. The fraction of sp³-hybridized carbons (Fsp3) is 0.0909. The van der Waals surface area contributed by atoms with E-state index in [0.29, 0.717) is 6.42 Å². The minimum absolute atomic E-state index is 0.237. The Morgan fingerprint density at radius 2 is 1.79 bits per heavy atom. The molecular formula is C22H16N4O2. The van der Waals surface area contributed by atoms with Gasteiger partial charge in [-0.1, -0.05) is 36.4 Å². The van der Waals surface area contributed by atoms with Crippen LogP contribution in [0.2, 0.25) is 0 Å². The summed E-state index contributed by atoms with van der Waals surface area (Å²) in [5.74, 6) is 0.00353. The van der Waals surface area contributed by atoms with Crippen LogP contribution in [0.5, 0.6) is 0 Å². The summed E-state index contributed by atoms with van der Waals surface area (Å²) in [6.07, 6.45) is 5.44. The highest BCUT2D eigenvalue weighted by Gasteiger charge is 2.34. The molecule has 136 valence electrons. The average molecular weight is 368 g/mol. The first-order chi connectivity index (χ1) is 13.8. The van der Waals surface area contributed by atoms with Crippen LogP contribution in [0.1, 0.15) is 34.1 Å². The number of fused-ring (bicyclic) bond motifs is 1. The lowest BCUT2D eigenvalue weighted by atomic mass is 9.98. The van der Waals surface area contributed by atoms with Crippen molar-refractivity contribution in [1.82, 2.24) is 15.0 Å². The van der Waals surface area contributed by atoms with Crippen molar-refractivity contribution in [2.24, 2.45) is 5.10 Å². The smallest absolute Gasteiger partial charge is 0.310 e. The molecule has 2 aromatic heterocycles. The third-order valence-corrected chi connectivity index (χ3v) is 4.84. The van der Waals surface area contributed by atoms with Gasteiger partial charge in [0.15, 0.2) is 5.76 Å². The molecule has 1 aliphatic heterocycles. The lowest BCUT2D eigenvalue weighted by Crippen LogP contribution is -2.26. The van der Waals surface area contributed by atoms with E-state index in [1.165, 1.54) is 11.3 Å². The summed E-state index contributed by atoms with van der Waals surface area (Å²) in [4.78, 5) is 21.7. The van der Waals surface area contributed by atoms with Gasteiger partial charge in [0.1, 0.15) is 0 Å². The van der Waals surface area contributed by atoms with Gasteiger partial charge >= 0.3 is 5.91 Å².